The van der Waals surface area contributed by atoms with Crippen LogP contribution in [0.15, 0.2) is 24.4 Å². The third-order valence-electron chi connectivity index (χ3n) is 4.21. The van der Waals surface area contributed by atoms with Gasteiger partial charge >= 0.3 is 0 Å². The van der Waals surface area contributed by atoms with E-state index in [1.54, 1.807) is 6.20 Å². The van der Waals surface area contributed by atoms with E-state index in [4.69, 9.17) is 5.73 Å². The maximum absolute atomic E-state index is 12.8. The average Bonchev–Trinajstić information content (AvgIpc) is 3.12. The Morgan fingerprint density at radius 1 is 1.42 bits per heavy atom. The summed E-state index contributed by atoms with van der Waals surface area (Å²) in [5.41, 5.74) is 7.45. The summed E-state index contributed by atoms with van der Waals surface area (Å²) in [6.45, 7) is 6.12. The maximum Gasteiger partial charge on any atom is 0.265 e. The lowest BCUT2D eigenvalue weighted by Crippen LogP contribution is -2.34. The van der Waals surface area contributed by atoms with Crippen LogP contribution < -0.4 is 5.73 Å². The zero-order valence-electron chi connectivity index (χ0n) is 13.7. The van der Waals surface area contributed by atoms with Gasteiger partial charge in [-0.2, -0.15) is 0 Å². The highest BCUT2D eigenvalue weighted by Gasteiger charge is 2.36. The topological polar surface area (TPSA) is 72.1 Å². The lowest BCUT2D eigenvalue weighted by molar-refractivity contribution is 0.0780. The third-order valence-corrected chi connectivity index (χ3v) is 5.38. The van der Waals surface area contributed by atoms with E-state index in [2.05, 4.69) is 16.9 Å². The van der Waals surface area contributed by atoms with E-state index in [1.807, 2.05) is 30.0 Å². The Kier molecular flexibility index (Phi) is 7.16. The van der Waals surface area contributed by atoms with Crippen molar-refractivity contribution in [2.75, 3.05) is 19.6 Å². The fourth-order valence-corrected chi connectivity index (χ4v) is 3.71. The van der Waals surface area contributed by atoms with Crippen LogP contribution in [-0.4, -0.2) is 40.4 Å². The lowest BCUT2D eigenvalue weighted by atomic mass is 9.90. The Labute approximate surface area is 158 Å². The Balaban J connectivity index is 0.00000144. The molecule has 2 aromatic rings. The number of nitrogens with zero attached hydrogens (tertiary/aromatic N) is 3. The summed E-state index contributed by atoms with van der Waals surface area (Å²) in [4.78, 5) is 24.2. The van der Waals surface area contributed by atoms with Gasteiger partial charge in [0.25, 0.3) is 5.91 Å². The summed E-state index contributed by atoms with van der Waals surface area (Å²) in [6.07, 6.45) is 2.70. The molecular formula is C16H22Cl2N4OS. The molecular weight excluding hydrogens is 367 g/mol. The van der Waals surface area contributed by atoms with Crippen molar-refractivity contribution in [2.45, 2.75) is 20.3 Å². The normalized spacial score (nSPS) is 19.5. The molecule has 1 amide bonds. The molecule has 0 saturated carbocycles. The predicted octanol–water partition coefficient (Wildman–Crippen LogP) is 3.17. The average molecular weight is 389 g/mol. The van der Waals surface area contributed by atoms with E-state index < -0.39 is 0 Å². The summed E-state index contributed by atoms with van der Waals surface area (Å²) < 4.78 is 0. The number of pyridine rings is 1. The zero-order valence-corrected chi connectivity index (χ0v) is 16.1. The van der Waals surface area contributed by atoms with Gasteiger partial charge in [0.15, 0.2) is 0 Å². The van der Waals surface area contributed by atoms with Crippen molar-refractivity contribution in [2.24, 2.45) is 11.1 Å². The molecule has 1 aliphatic heterocycles. The van der Waals surface area contributed by atoms with Crippen molar-refractivity contribution in [3.63, 3.8) is 0 Å². The van der Waals surface area contributed by atoms with Crippen molar-refractivity contribution in [3.8, 4) is 10.7 Å². The molecule has 1 aliphatic rings. The molecule has 132 valence electrons. The van der Waals surface area contributed by atoms with Crippen molar-refractivity contribution >= 4 is 42.1 Å². The first-order valence-electron chi connectivity index (χ1n) is 7.41. The summed E-state index contributed by atoms with van der Waals surface area (Å²) >= 11 is 1.42. The fourth-order valence-electron chi connectivity index (χ4n) is 2.70. The number of aryl methyl sites for hydroxylation is 1. The van der Waals surface area contributed by atoms with Crippen LogP contribution in [0.5, 0.6) is 0 Å². The number of carbonyl (C=O) groups is 1. The number of hydrogen-bond donors (Lipinski definition) is 1. The van der Waals surface area contributed by atoms with Gasteiger partial charge in [0.2, 0.25) is 0 Å². The van der Waals surface area contributed by atoms with Gasteiger partial charge < -0.3 is 10.6 Å². The SMILES string of the molecule is Cc1nc(-c2ccccn2)sc1C(=O)N1CCC(C)(CN)C1.Cl.Cl. The number of halogens is 2. The van der Waals surface area contributed by atoms with Crippen LogP contribution in [-0.2, 0) is 0 Å². The Morgan fingerprint density at radius 2 is 2.17 bits per heavy atom. The molecule has 3 rings (SSSR count). The second-order valence-corrected chi connectivity index (χ2v) is 7.14. The molecule has 0 spiro atoms. The van der Waals surface area contributed by atoms with Crippen molar-refractivity contribution in [1.29, 1.82) is 0 Å². The van der Waals surface area contributed by atoms with Crippen LogP contribution in [0.25, 0.3) is 10.7 Å². The maximum atomic E-state index is 12.8. The minimum absolute atomic E-state index is 0. The molecule has 24 heavy (non-hydrogen) atoms. The van der Waals surface area contributed by atoms with E-state index in [-0.39, 0.29) is 36.1 Å². The predicted molar refractivity (Wildman–Crippen MR) is 102 cm³/mol. The molecule has 0 bridgehead atoms. The van der Waals surface area contributed by atoms with E-state index >= 15 is 0 Å². The molecule has 3 heterocycles. The van der Waals surface area contributed by atoms with Crippen LogP contribution in [0, 0.1) is 12.3 Å². The van der Waals surface area contributed by atoms with E-state index in [0.717, 1.165) is 35.9 Å². The Bertz CT molecular complexity index is 695. The van der Waals surface area contributed by atoms with Gasteiger partial charge in [-0.25, -0.2) is 4.98 Å². The van der Waals surface area contributed by atoms with E-state index in [9.17, 15) is 4.79 Å². The molecule has 0 aliphatic carbocycles. The van der Waals surface area contributed by atoms with Crippen LogP contribution in [0.3, 0.4) is 0 Å². The monoisotopic (exact) mass is 388 g/mol. The summed E-state index contributed by atoms with van der Waals surface area (Å²) in [7, 11) is 0. The van der Waals surface area contributed by atoms with Gasteiger partial charge in [-0.1, -0.05) is 13.0 Å². The highest BCUT2D eigenvalue weighted by Crippen LogP contribution is 2.32. The second-order valence-electron chi connectivity index (χ2n) is 6.14. The fraction of sp³-hybridized carbons (Fsp3) is 0.438. The third kappa shape index (κ3) is 4.06. The van der Waals surface area contributed by atoms with E-state index in [0.29, 0.717) is 11.4 Å². The van der Waals surface area contributed by atoms with Crippen LogP contribution in [0.1, 0.15) is 28.7 Å². The number of aromatic nitrogens is 2. The minimum Gasteiger partial charge on any atom is -0.337 e. The highest BCUT2D eigenvalue weighted by molar-refractivity contribution is 7.17. The van der Waals surface area contributed by atoms with Gasteiger partial charge in [0.1, 0.15) is 9.88 Å². The molecule has 2 N–H and O–H groups in total. The zero-order chi connectivity index (χ0) is 15.7. The minimum atomic E-state index is 0. The summed E-state index contributed by atoms with van der Waals surface area (Å²) in [6, 6.07) is 5.70. The molecule has 1 fully saturated rings. The van der Waals surface area contributed by atoms with E-state index in [1.165, 1.54) is 11.3 Å². The van der Waals surface area contributed by atoms with Crippen molar-refractivity contribution in [1.82, 2.24) is 14.9 Å². The largest absolute Gasteiger partial charge is 0.337 e. The highest BCUT2D eigenvalue weighted by atomic mass is 35.5. The van der Waals surface area contributed by atoms with Crippen LogP contribution in [0.2, 0.25) is 0 Å². The number of nitrogens with two attached hydrogens (primary N) is 1. The van der Waals surface area contributed by atoms with Gasteiger partial charge in [-0.05, 0) is 37.4 Å². The second kappa shape index (κ2) is 8.25. The molecule has 1 unspecified atom stereocenters. The first-order valence-corrected chi connectivity index (χ1v) is 8.22. The van der Waals surface area contributed by atoms with Crippen molar-refractivity contribution in [3.05, 3.63) is 35.0 Å². The first-order chi connectivity index (χ1) is 10.5. The standard InChI is InChI=1S/C16H20N4OS.2ClH/c1-11-13(15(21)20-8-6-16(2,9-17)10-20)22-14(19-11)12-5-3-4-7-18-12;;/h3-5,7H,6,8-10,17H2,1-2H3;2*1H. The molecule has 2 aromatic heterocycles. The number of thiazole rings is 1. The molecule has 1 atom stereocenters. The number of hydrogen-bond acceptors (Lipinski definition) is 5. The van der Waals surface area contributed by atoms with Crippen molar-refractivity contribution < 1.29 is 4.79 Å². The van der Waals surface area contributed by atoms with Gasteiger partial charge in [0, 0.05) is 19.3 Å². The number of likely N-dealkylation sites (tertiary alicyclic amines) is 1. The number of amides is 1. The molecule has 0 aromatic carbocycles. The van der Waals surface area contributed by atoms with Gasteiger partial charge in [-0.3, -0.25) is 9.78 Å². The molecule has 8 heteroatoms. The van der Waals surface area contributed by atoms with Crippen LogP contribution >= 0.6 is 36.2 Å². The Hall–Kier alpha value is -1.21. The first kappa shape index (κ1) is 20.8. The lowest BCUT2D eigenvalue weighted by Gasteiger charge is -2.22. The number of carbonyl (C=O) groups excluding carboxylic acids is 1. The quantitative estimate of drug-likeness (QED) is 0.875. The molecule has 5 nitrogen and oxygen atoms in total. The summed E-state index contributed by atoms with van der Waals surface area (Å²) in [5, 5.41) is 0.794. The molecule has 1 saturated heterocycles. The molecule has 0 radical (unpaired) electrons. The summed E-state index contributed by atoms with van der Waals surface area (Å²) in [5.74, 6) is 0.0642. The Morgan fingerprint density at radius 3 is 2.75 bits per heavy atom. The van der Waals surface area contributed by atoms with Crippen LogP contribution in [0.4, 0.5) is 0 Å². The smallest absolute Gasteiger partial charge is 0.265 e. The van der Waals surface area contributed by atoms with Gasteiger partial charge in [-0.15, -0.1) is 36.2 Å². The number of rotatable bonds is 3. The van der Waals surface area contributed by atoms with Gasteiger partial charge in [0.05, 0.1) is 11.4 Å².